The summed E-state index contributed by atoms with van der Waals surface area (Å²) < 4.78 is 10.5. The first-order valence-electron chi connectivity index (χ1n) is 8.98. The van der Waals surface area contributed by atoms with Crippen molar-refractivity contribution in [2.24, 2.45) is 0 Å². The molecule has 1 amide bonds. The van der Waals surface area contributed by atoms with E-state index < -0.39 is 12.1 Å². The van der Waals surface area contributed by atoms with Gasteiger partial charge in [-0.1, -0.05) is 48.5 Å². The Labute approximate surface area is 166 Å². The number of methoxy groups -OCH3 is 1. The lowest BCUT2D eigenvalue weighted by molar-refractivity contribution is 0.0693. The molecule has 0 radical (unpaired) electrons. The SMILES string of the molecule is COc1cc(NC(=O)OCC2c3ccccc3-c3ccccc32)ncc1C(=O)O. The van der Waals surface area contributed by atoms with E-state index in [0.29, 0.717) is 0 Å². The maximum atomic E-state index is 12.3. The smallest absolute Gasteiger partial charge is 0.412 e. The molecule has 2 N–H and O–H groups in total. The van der Waals surface area contributed by atoms with Crippen molar-refractivity contribution in [3.8, 4) is 16.9 Å². The maximum absolute atomic E-state index is 12.3. The molecule has 1 heterocycles. The van der Waals surface area contributed by atoms with Gasteiger partial charge in [-0.15, -0.1) is 0 Å². The van der Waals surface area contributed by atoms with Crippen LogP contribution in [-0.2, 0) is 4.74 Å². The number of nitrogens with one attached hydrogen (secondary N) is 1. The number of carboxylic acid groups (broad SMARTS) is 1. The average Bonchev–Trinajstić information content (AvgIpc) is 3.06. The molecule has 1 aromatic heterocycles. The van der Waals surface area contributed by atoms with Crippen molar-refractivity contribution in [1.29, 1.82) is 0 Å². The third-order valence-electron chi connectivity index (χ3n) is 4.89. The average molecular weight is 390 g/mol. The van der Waals surface area contributed by atoms with Gasteiger partial charge in [0.15, 0.2) is 0 Å². The molecule has 1 aliphatic carbocycles. The lowest BCUT2D eigenvalue weighted by atomic mass is 9.98. The molecule has 0 fully saturated rings. The number of fused-ring (bicyclic) bond motifs is 3. The van der Waals surface area contributed by atoms with Crippen molar-refractivity contribution in [1.82, 2.24) is 4.98 Å². The predicted molar refractivity (Wildman–Crippen MR) is 106 cm³/mol. The van der Waals surface area contributed by atoms with Crippen LogP contribution in [0.25, 0.3) is 11.1 Å². The van der Waals surface area contributed by atoms with Crippen LogP contribution >= 0.6 is 0 Å². The Bertz CT molecular complexity index is 1050. The summed E-state index contributed by atoms with van der Waals surface area (Å²) in [6.45, 7) is 0.171. The number of benzene rings is 2. The number of carbonyl (C=O) groups is 2. The van der Waals surface area contributed by atoms with Gasteiger partial charge in [-0.25, -0.2) is 14.6 Å². The molecule has 0 bridgehead atoms. The standard InChI is InChI=1S/C22H18N2O5/c1-28-19-10-20(23-11-17(19)21(25)26)24-22(27)29-12-18-15-8-4-2-6-13(15)14-7-3-5-9-16(14)18/h2-11,18H,12H2,1H3,(H,25,26)(H,23,24,27). The molecule has 3 aromatic rings. The lowest BCUT2D eigenvalue weighted by Gasteiger charge is -2.14. The highest BCUT2D eigenvalue weighted by Gasteiger charge is 2.29. The van der Waals surface area contributed by atoms with Crippen LogP contribution in [0.5, 0.6) is 5.75 Å². The number of carboxylic acids is 1. The molecule has 0 saturated heterocycles. The number of hydrogen-bond donors (Lipinski definition) is 2. The van der Waals surface area contributed by atoms with Gasteiger partial charge in [-0.2, -0.15) is 0 Å². The highest BCUT2D eigenvalue weighted by atomic mass is 16.5. The number of hydrogen-bond acceptors (Lipinski definition) is 5. The largest absolute Gasteiger partial charge is 0.496 e. The summed E-state index contributed by atoms with van der Waals surface area (Å²) in [6.07, 6.45) is 0.449. The fourth-order valence-electron chi connectivity index (χ4n) is 3.57. The normalized spacial score (nSPS) is 12.0. The van der Waals surface area contributed by atoms with Crippen LogP contribution in [0.4, 0.5) is 10.6 Å². The van der Waals surface area contributed by atoms with Crippen LogP contribution in [0.2, 0.25) is 0 Å². The Morgan fingerprint density at radius 3 is 2.28 bits per heavy atom. The van der Waals surface area contributed by atoms with E-state index in [1.165, 1.54) is 13.2 Å². The maximum Gasteiger partial charge on any atom is 0.412 e. The third-order valence-corrected chi connectivity index (χ3v) is 4.89. The zero-order valence-electron chi connectivity index (χ0n) is 15.6. The second kappa shape index (κ2) is 7.63. The van der Waals surface area contributed by atoms with E-state index in [4.69, 9.17) is 14.6 Å². The van der Waals surface area contributed by atoms with Crippen LogP contribution in [0.1, 0.15) is 27.4 Å². The molecule has 0 atom stereocenters. The van der Waals surface area contributed by atoms with Crippen molar-refractivity contribution >= 4 is 17.9 Å². The van der Waals surface area contributed by atoms with Crippen LogP contribution in [0.15, 0.2) is 60.8 Å². The minimum atomic E-state index is -1.16. The number of amides is 1. The number of rotatable bonds is 5. The van der Waals surface area contributed by atoms with Gasteiger partial charge in [0.1, 0.15) is 23.7 Å². The molecule has 0 spiro atoms. The summed E-state index contributed by atoms with van der Waals surface area (Å²) in [7, 11) is 1.35. The summed E-state index contributed by atoms with van der Waals surface area (Å²) in [5, 5.41) is 11.6. The molecular weight excluding hydrogens is 372 g/mol. The van der Waals surface area contributed by atoms with E-state index in [0.717, 1.165) is 28.5 Å². The number of carbonyl (C=O) groups excluding carboxylic acids is 1. The number of anilines is 1. The van der Waals surface area contributed by atoms with E-state index in [1.54, 1.807) is 0 Å². The quantitative estimate of drug-likeness (QED) is 0.679. The number of pyridine rings is 1. The summed E-state index contributed by atoms with van der Waals surface area (Å²) in [4.78, 5) is 27.3. The monoisotopic (exact) mass is 390 g/mol. The Morgan fingerprint density at radius 1 is 1.07 bits per heavy atom. The van der Waals surface area contributed by atoms with Crippen LogP contribution in [0, 0.1) is 0 Å². The van der Waals surface area contributed by atoms with Crippen molar-refractivity contribution < 1.29 is 24.2 Å². The zero-order chi connectivity index (χ0) is 20.4. The third kappa shape index (κ3) is 3.50. The Kier molecular flexibility index (Phi) is 4.87. The van der Waals surface area contributed by atoms with Crippen LogP contribution in [-0.4, -0.2) is 35.9 Å². The number of nitrogens with zero attached hydrogens (tertiary/aromatic N) is 1. The lowest BCUT2D eigenvalue weighted by Crippen LogP contribution is -2.18. The van der Waals surface area contributed by atoms with Gasteiger partial charge >= 0.3 is 12.1 Å². The second-order valence-electron chi connectivity index (χ2n) is 6.53. The van der Waals surface area contributed by atoms with Gasteiger partial charge in [-0.3, -0.25) is 5.32 Å². The van der Waals surface area contributed by atoms with Gasteiger partial charge in [0.25, 0.3) is 0 Å². The fourth-order valence-corrected chi connectivity index (χ4v) is 3.57. The summed E-state index contributed by atoms with van der Waals surface area (Å²) in [5.41, 5.74) is 4.44. The second-order valence-corrected chi connectivity index (χ2v) is 6.53. The van der Waals surface area contributed by atoms with Crippen molar-refractivity contribution in [2.75, 3.05) is 19.0 Å². The van der Waals surface area contributed by atoms with Crippen LogP contribution in [0.3, 0.4) is 0 Å². The number of ether oxygens (including phenoxy) is 2. The van der Waals surface area contributed by atoms with E-state index >= 15 is 0 Å². The first-order valence-corrected chi connectivity index (χ1v) is 8.98. The van der Waals surface area contributed by atoms with Gasteiger partial charge in [-0.05, 0) is 22.3 Å². The minimum absolute atomic E-state index is 0.0509. The Morgan fingerprint density at radius 2 is 1.69 bits per heavy atom. The predicted octanol–water partition coefficient (Wildman–Crippen LogP) is 4.15. The van der Waals surface area contributed by atoms with E-state index in [1.807, 2.05) is 36.4 Å². The molecule has 4 rings (SSSR count). The van der Waals surface area contributed by atoms with Crippen molar-refractivity contribution in [3.05, 3.63) is 77.5 Å². The minimum Gasteiger partial charge on any atom is -0.496 e. The topological polar surface area (TPSA) is 97.8 Å². The molecule has 0 aliphatic heterocycles. The molecule has 0 unspecified atom stereocenters. The van der Waals surface area contributed by atoms with Gasteiger partial charge in [0.2, 0.25) is 0 Å². The molecule has 146 valence electrons. The molecule has 2 aromatic carbocycles. The molecule has 7 nitrogen and oxygen atoms in total. The first-order chi connectivity index (χ1) is 14.1. The molecule has 0 saturated carbocycles. The van der Waals surface area contributed by atoms with E-state index in [-0.39, 0.29) is 29.7 Å². The van der Waals surface area contributed by atoms with Gasteiger partial charge in [0.05, 0.1) is 7.11 Å². The Balaban J connectivity index is 1.47. The zero-order valence-corrected chi connectivity index (χ0v) is 15.6. The van der Waals surface area contributed by atoms with Crippen LogP contribution < -0.4 is 10.1 Å². The molecule has 29 heavy (non-hydrogen) atoms. The summed E-state index contributed by atoms with van der Waals surface area (Å²) in [5.74, 6) is -0.974. The number of aromatic carboxylic acids is 1. The first kappa shape index (κ1) is 18.5. The van der Waals surface area contributed by atoms with E-state index in [9.17, 15) is 9.59 Å². The molecular formula is C22H18N2O5. The van der Waals surface area contributed by atoms with Gasteiger partial charge < -0.3 is 14.6 Å². The van der Waals surface area contributed by atoms with E-state index in [2.05, 4.69) is 22.4 Å². The highest BCUT2D eigenvalue weighted by molar-refractivity contribution is 5.92. The van der Waals surface area contributed by atoms with Gasteiger partial charge in [0, 0.05) is 18.2 Å². The highest BCUT2D eigenvalue weighted by Crippen LogP contribution is 2.44. The molecule has 1 aliphatic rings. The number of aromatic nitrogens is 1. The van der Waals surface area contributed by atoms with Crippen molar-refractivity contribution in [2.45, 2.75) is 5.92 Å². The fraction of sp³-hybridized carbons (Fsp3) is 0.136. The molecule has 7 heteroatoms. The van der Waals surface area contributed by atoms with Crippen molar-refractivity contribution in [3.63, 3.8) is 0 Å². The summed E-state index contributed by atoms with van der Waals surface area (Å²) in [6, 6.07) is 17.5. The summed E-state index contributed by atoms with van der Waals surface area (Å²) >= 11 is 0. The Hall–Kier alpha value is -3.87.